The maximum atomic E-state index is 11.4. The maximum absolute atomic E-state index is 11.4. The molecule has 0 atom stereocenters. The third kappa shape index (κ3) is 7.55. The normalized spacial score (nSPS) is 11.7. The number of anilines is 1. The van der Waals surface area contributed by atoms with Crippen molar-refractivity contribution in [2.45, 2.75) is 32.2 Å². The second-order valence-electron chi connectivity index (χ2n) is 8.84. The van der Waals surface area contributed by atoms with Crippen molar-refractivity contribution in [2.75, 3.05) is 31.8 Å². The van der Waals surface area contributed by atoms with Crippen LogP contribution in [0.2, 0.25) is 5.02 Å². The smallest absolute Gasteiger partial charge is 0.236 e. The first kappa shape index (κ1) is 29.1. The van der Waals surface area contributed by atoms with Crippen molar-refractivity contribution >= 4 is 27.6 Å². The third-order valence-electron chi connectivity index (χ3n) is 5.73. The van der Waals surface area contributed by atoms with Gasteiger partial charge in [0.05, 0.1) is 22.5 Å². The predicted molar refractivity (Wildman–Crippen MR) is 143 cm³/mol. The Morgan fingerprint density at radius 3 is 2.37 bits per heavy atom. The molecule has 3 aromatic rings. The molecule has 0 aliphatic carbocycles. The van der Waals surface area contributed by atoms with Crippen molar-refractivity contribution in [1.29, 1.82) is 5.26 Å². The number of benzene rings is 2. The summed E-state index contributed by atoms with van der Waals surface area (Å²) in [4.78, 5) is 8.04. The van der Waals surface area contributed by atoms with Crippen LogP contribution in [0.15, 0.2) is 48.7 Å². The molecule has 0 aliphatic heterocycles. The van der Waals surface area contributed by atoms with E-state index in [0.717, 1.165) is 17.4 Å². The monoisotopic (exact) mass is 560 g/mol. The fraction of sp³-hybridized carbons (Fsp3) is 0.346. The van der Waals surface area contributed by atoms with Crippen molar-refractivity contribution < 1.29 is 27.4 Å². The van der Waals surface area contributed by atoms with Crippen LogP contribution in [-0.2, 0) is 31.5 Å². The van der Waals surface area contributed by atoms with Crippen LogP contribution < -0.4 is 14.2 Å². The number of halogens is 1. The first-order valence-electron chi connectivity index (χ1n) is 11.4. The van der Waals surface area contributed by atoms with Gasteiger partial charge in [0.2, 0.25) is 16.0 Å². The number of nitriles is 1. The number of aromatic nitrogens is 2. The first-order chi connectivity index (χ1) is 18.0. The van der Waals surface area contributed by atoms with Crippen LogP contribution in [0, 0.1) is 11.3 Å². The average molecular weight is 561 g/mol. The van der Waals surface area contributed by atoms with Crippen LogP contribution in [0.3, 0.4) is 0 Å². The van der Waals surface area contributed by atoms with Gasteiger partial charge in [0.15, 0.2) is 12.0 Å². The number of hydrogen-bond donors (Lipinski definition) is 1. The van der Waals surface area contributed by atoms with Gasteiger partial charge in [0.25, 0.3) is 0 Å². The van der Waals surface area contributed by atoms with Crippen LogP contribution >= 0.6 is 11.6 Å². The minimum atomic E-state index is -3.48. The van der Waals surface area contributed by atoms with Gasteiger partial charge in [-0.2, -0.15) is 5.26 Å². The molecule has 10 nitrogen and oxygen atoms in total. The molecule has 1 heterocycles. The highest BCUT2D eigenvalue weighted by Gasteiger charge is 2.26. The van der Waals surface area contributed by atoms with E-state index in [-0.39, 0.29) is 24.9 Å². The number of ether oxygens (including phenoxy) is 4. The average Bonchev–Trinajstić information content (AvgIpc) is 2.88. The molecule has 0 unspecified atom stereocenters. The largest absolute Gasteiger partial charge is 0.487 e. The van der Waals surface area contributed by atoms with E-state index in [4.69, 9.17) is 30.5 Å². The Morgan fingerprint density at radius 2 is 1.76 bits per heavy atom. The van der Waals surface area contributed by atoms with E-state index in [1.54, 1.807) is 18.2 Å². The molecule has 12 heteroatoms. The van der Waals surface area contributed by atoms with Crippen LogP contribution in [0.25, 0.3) is 0 Å². The molecule has 202 valence electrons. The molecule has 0 radical (unpaired) electrons. The molecule has 0 aliphatic rings. The highest BCUT2D eigenvalue weighted by molar-refractivity contribution is 7.91. The minimum absolute atomic E-state index is 0.0188. The second kappa shape index (κ2) is 12.4. The van der Waals surface area contributed by atoms with E-state index in [9.17, 15) is 13.7 Å². The lowest BCUT2D eigenvalue weighted by Crippen LogP contribution is -2.23. The van der Waals surface area contributed by atoms with Gasteiger partial charge in [0, 0.05) is 25.8 Å². The number of hydrogen-bond acceptors (Lipinski definition) is 9. The first-order valence-corrected chi connectivity index (χ1v) is 13.7. The third-order valence-corrected chi connectivity index (χ3v) is 6.56. The van der Waals surface area contributed by atoms with Crippen molar-refractivity contribution in [3.63, 3.8) is 0 Å². The van der Waals surface area contributed by atoms with Crippen LogP contribution in [0.1, 0.15) is 36.2 Å². The van der Waals surface area contributed by atoms with E-state index in [1.165, 1.54) is 20.4 Å². The van der Waals surface area contributed by atoms with E-state index in [0.29, 0.717) is 22.0 Å². The zero-order chi connectivity index (χ0) is 27.9. The van der Waals surface area contributed by atoms with Gasteiger partial charge in [-0.15, -0.1) is 0 Å². The van der Waals surface area contributed by atoms with Crippen LogP contribution in [0.4, 0.5) is 5.95 Å². The van der Waals surface area contributed by atoms with Gasteiger partial charge < -0.3 is 18.9 Å². The summed E-state index contributed by atoms with van der Waals surface area (Å²) in [5, 5.41) is 10.0. The Balaban J connectivity index is 1.74. The van der Waals surface area contributed by atoms with E-state index in [2.05, 4.69) is 20.8 Å². The summed E-state index contributed by atoms with van der Waals surface area (Å²) in [5.74, 6) is 0.858. The molecule has 1 aromatic heterocycles. The standard InChI is InChI=1S/C26H29ClN4O6S/c1-26(2,19-12-17(14-28)24(22(27)13-19)37-16-23(34-3)35-4)18-6-8-21(9-7-18)36-15-20-10-11-29-25(30-20)31-38(5,32)33/h6-13,23H,15-16H2,1-5H3,(H,29,30,31). The topological polar surface area (TPSA) is 133 Å². The van der Waals surface area contributed by atoms with E-state index in [1.807, 2.05) is 38.1 Å². The van der Waals surface area contributed by atoms with E-state index >= 15 is 0 Å². The molecular weight excluding hydrogens is 532 g/mol. The van der Waals surface area contributed by atoms with Gasteiger partial charge in [-0.05, 0) is 41.5 Å². The lowest BCUT2D eigenvalue weighted by atomic mass is 9.77. The van der Waals surface area contributed by atoms with Gasteiger partial charge in [-0.3, -0.25) is 4.72 Å². The number of sulfonamides is 1. The fourth-order valence-electron chi connectivity index (χ4n) is 3.55. The summed E-state index contributed by atoms with van der Waals surface area (Å²) in [6, 6.07) is 14.9. The summed E-state index contributed by atoms with van der Waals surface area (Å²) < 4.78 is 46.8. The number of methoxy groups -OCH3 is 2. The predicted octanol–water partition coefficient (Wildman–Crippen LogP) is 4.28. The van der Waals surface area contributed by atoms with Crippen LogP contribution in [-0.4, -0.2) is 51.8 Å². The zero-order valence-electron chi connectivity index (χ0n) is 21.7. The number of nitrogens with one attached hydrogen (secondary N) is 1. The summed E-state index contributed by atoms with van der Waals surface area (Å²) in [6.45, 7) is 4.26. The fourth-order valence-corrected chi connectivity index (χ4v) is 4.25. The molecule has 3 rings (SSSR count). The molecule has 0 fully saturated rings. The van der Waals surface area contributed by atoms with Crippen molar-refractivity contribution in [1.82, 2.24) is 9.97 Å². The molecular formula is C26H29ClN4O6S. The Morgan fingerprint density at radius 1 is 1.08 bits per heavy atom. The maximum Gasteiger partial charge on any atom is 0.236 e. The van der Waals surface area contributed by atoms with Crippen molar-refractivity contribution in [3.05, 3.63) is 76.1 Å². The molecule has 0 spiro atoms. The Hall–Kier alpha value is -3.43. The van der Waals surface area contributed by atoms with Crippen LogP contribution in [0.5, 0.6) is 11.5 Å². The highest BCUT2D eigenvalue weighted by atomic mass is 35.5. The van der Waals surface area contributed by atoms with Crippen molar-refractivity contribution in [2.24, 2.45) is 0 Å². The Kier molecular flexibility index (Phi) is 9.51. The van der Waals surface area contributed by atoms with Crippen molar-refractivity contribution in [3.8, 4) is 17.6 Å². The Bertz CT molecular complexity index is 1400. The quantitative estimate of drug-likeness (QED) is 0.322. The lowest BCUT2D eigenvalue weighted by Gasteiger charge is -2.27. The zero-order valence-corrected chi connectivity index (χ0v) is 23.3. The lowest BCUT2D eigenvalue weighted by molar-refractivity contribution is -0.121. The molecule has 38 heavy (non-hydrogen) atoms. The molecule has 2 aromatic carbocycles. The molecule has 1 N–H and O–H groups in total. The summed E-state index contributed by atoms with van der Waals surface area (Å²) in [5.41, 5.74) is 2.13. The molecule has 0 saturated carbocycles. The summed E-state index contributed by atoms with van der Waals surface area (Å²) in [6.07, 6.45) is 1.89. The summed E-state index contributed by atoms with van der Waals surface area (Å²) >= 11 is 6.52. The van der Waals surface area contributed by atoms with Gasteiger partial charge in [-0.1, -0.05) is 37.6 Å². The second-order valence-corrected chi connectivity index (χ2v) is 11.0. The molecule has 0 amide bonds. The highest BCUT2D eigenvalue weighted by Crippen LogP contribution is 2.38. The van der Waals surface area contributed by atoms with E-state index < -0.39 is 21.7 Å². The molecule has 0 bridgehead atoms. The number of nitrogens with zero attached hydrogens (tertiary/aromatic N) is 3. The SMILES string of the molecule is COC(COc1c(Cl)cc(C(C)(C)c2ccc(OCc3ccnc(NS(C)(=O)=O)n3)cc2)cc1C#N)OC. The number of rotatable bonds is 12. The van der Waals surface area contributed by atoms with Gasteiger partial charge in [-0.25, -0.2) is 18.4 Å². The summed E-state index contributed by atoms with van der Waals surface area (Å²) in [7, 11) is -0.485. The van der Waals surface area contributed by atoms with Gasteiger partial charge in [0.1, 0.15) is 25.0 Å². The minimum Gasteiger partial charge on any atom is -0.487 e. The molecule has 0 saturated heterocycles. The van der Waals surface area contributed by atoms with Gasteiger partial charge >= 0.3 is 0 Å². The Labute approximate surface area is 227 Å².